The monoisotopic (exact) mass is 311 g/mol. The van der Waals surface area contributed by atoms with E-state index in [-0.39, 0.29) is 6.04 Å². The van der Waals surface area contributed by atoms with Crippen LogP contribution in [0.2, 0.25) is 0 Å². The highest BCUT2D eigenvalue weighted by molar-refractivity contribution is 7.88. The molecule has 1 atom stereocenters. The molecule has 1 fully saturated rings. The van der Waals surface area contributed by atoms with E-state index >= 15 is 0 Å². The van der Waals surface area contributed by atoms with Gasteiger partial charge in [-0.1, -0.05) is 24.3 Å². The van der Waals surface area contributed by atoms with Crippen LogP contribution in [-0.2, 0) is 23.0 Å². The van der Waals surface area contributed by atoms with Gasteiger partial charge in [0.1, 0.15) is 0 Å². The SMILES string of the molecule is CS(=O)(=O)NC(Cc1ccc(CN)cc1)C1CCNCC1. The number of hydrogen-bond donors (Lipinski definition) is 3. The second-order valence-corrected chi connectivity index (χ2v) is 7.59. The Hall–Kier alpha value is -0.950. The van der Waals surface area contributed by atoms with Gasteiger partial charge >= 0.3 is 0 Å². The first-order valence-electron chi connectivity index (χ1n) is 7.44. The molecule has 0 amide bonds. The quantitative estimate of drug-likeness (QED) is 0.718. The molecule has 0 radical (unpaired) electrons. The average Bonchev–Trinajstić information content (AvgIpc) is 2.47. The molecule has 0 saturated carbocycles. The van der Waals surface area contributed by atoms with Crippen molar-refractivity contribution in [2.75, 3.05) is 19.3 Å². The number of benzene rings is 1. The normalized spacial score (nSPS) is 18.6. The van der Waals surface area contributed by atoms with Crippen molar-refractivity contribution in [1.82, 2.24) is 10.0 Å². The maximum Gasteiger partial charge on any atom is 0.208 e. The van der Waals surface area contributed by atoms with Crippen LogP contribution >= 0.6 is 0 Å². The Morgan fingerprint density at radius 3 is 2.33 bits per heavy atom. The van der Waals surface area contributed by atoms with E-state index in [2.05, 4.69) is 10.0 Å². The summed E-state index contributed by atoms with van der Waals surface area (Å²) in [5.74, 6) is 0.384. The summed E-state index contributed by atoms with van der Waals surface area (Å²) in [5.41, 5.74) is 7.84. The Balaban J connectivity index is 2.09. The lowest BCUT2D eigenvalue weighted by atomic mass is 9.87. The fraction of sp³-hybridized carbons (Fsp3) is 0.600. The summed E-state index contributed by atoms with van der Waals surface area (Å²) in [7, 11) is -3.20. The van der Waals surface area contributed by atoms with Gasteiger partial charge in [0, 0.05) is 12.6 Å². The molecule has 0 spiro atoms. The van der Waals surface area contributed by atoms with E-state index in [9.17, 15) is 8.42 Å². The number of nitrogens with two attached hydrogens (primary N) is 1. The van der Waals surface area contributed by atoms with Crippen molar-refractivity contribution in [3.8, 4) is 0 Å². The average molecular weight is 311 g/mol. The first kappa shape index (κ1) is 16.4. The first-order valence-corrected chi connectivity index (χ1v) is 9.33. The lowest BCUT2D eigenvalue weighted by Gasteiger charge is -2.31. The van der Waals surface area contributed by atoms with Crippen molar-refractivity contribution < 1.29 is 8.42 Å². The van der Waals surface area contributed by atoms with E-state index in [0.717, 1.165) is 43.5 Å². The predicted octanol–water partition coefficient (Wildman–Crippen LogP) is 0.605. The highest BCUT2D eigenvalue weighted by Gasteiger charge is 2.26. The van der Waals surface area contributed by atoms with Gasteiger partial charge in [-0.25, -0.2) is 13.1 Å². The topological polar surface area (TPSA) is 84.2 Å². The maximum absolute atomic E-state index is 11.6. The van der Waals surface area contributed by atoms with Gasteiger partial charge in [0.15, 0.2) is 0 Å². The third-order valence-corrected chi connectivity index (χ3v) is 4.76. The van der Waals surface area contributed by atoms with Crippen molar-refractivity contribution >= 4 is 10.0 Å². The van der Waals surface area contributed by atoms with Gasteiger partial charge in [-0.3, -0.25) is 0 Å². The lowest BCUT2D eigenvalue weighted by molar-refractivity contribution is 0.301. The molecule has 1 aromatic carbocycles. The maximum atomic E-state index is 11.6. The third-order valence-electron chi connectivity index (χ3n) is 4.03. The number of rotatable bonds is 6. The first-order chi connectivity index (χ1) is 9.98. The summed E-state index contributed by atoms with van der Waals surface area (Å²) < 4.78 is 26.1. The number of hydrogen-bond acceptors (Lipinski definition) is 4. The van der Waals surface area contributed by atoms with Gasteiger partial charge in [-0.2, -0.15) is 0 Å². The van der Waals surface area contributed by atoms with Crippen molar-refractivity contribution in [3.63, 3.8) is 0 Å². The van der Waals surface area contributed by atoms with Gasteiger partial charge in [0.2, 0.25) is 10.0 Å². The molecule has 0 aliphatic carbocycles. The van der Waals surface area contributed by atoms with Crippen LogP contribution in [-0.4, -0.2) is 33.8 Å². The summed E-state index contributed by atoms with van der Waals surface area (Å²) >= 11 is 0. The van der Waals surface area contributed by atoms with Crippen LogP contribution in [0.3, 0.4) is 0 Å². The Morgan fingerprint density at radius 2 is 1.81 bits per heavy atom. The van der Waals surface area contributed by atoms with Crippen molar-refractivity contribution in [1.29, 1.82) is 0 Å². The standard InChI is InChI=1S/C15H25N3O2S/c1-21(19,20)18-15(14-6-8-17-9-7-14)10-12-2-4-13(11-16)5-3-12/h2-5,14-15,17-18H,6-11,16H2,1H3. The minimum atomic E-state index is -3.20. The zero-order valence-electron chi connectivity index (χ0n) is 12.5. The molecule has 21 heavy (non-hydrogen) atoms. The second kappa shape index (κ2) is 7.35. The van der Waals surface area contributed by atoms with Crippen LogP contribution in [0.4, 0.5) is 0 Å². The molecule has 6 heteroatoms. The van der Waals surface area contributed by atoms with E-state index in [1.807, 2.05) is 24.3 Å². The molecule has 2 rings (SSSR count). The molecule has 1 aromatic rings. The second-order valence-electron chi connectivity index (χ2n) is 5.81. The Labute approximate surface area is 127 Å². The molecule has 1 heterocycles. The molecular weight excluding hydrogens is 286 g/mol. The minimum absolute atomic E-state index is 0.0363. The van der Waals surface area contributed by atoms with E-state index in [1.54, 1.807) is 0 Å². The Bertz CT molecular complexity index is 537. The van der Waals surface area contributed by atoms with Gasteiger partial charge in [0.05, 0.1) is 6.26 Å². The number of nitrogens with one attached hydrogen (secondary N) is 2. The molecule has 4 N–H and O–H groups in total. The summed E-state index contributed by atoms with van der Waals surface area (Å²) in [6, 6.07) is 8.07. The Morgan fingerprint density at radius 1 is 1.24 bits per heavy atom. The molecule has 5 nitrogen and oxygen atoms in total. The van der Waals surface area contributed by atoms with Crippen LogP contribution in [0.15, 0.2) is 24.3 Å². The molecule has 1 unspecified atom stereocenters. The van der Waals surface area contributed by atoms with Gasteiger partial charge in [-0.15, -0.1) is 0 Å². The molecule has 1 saturated heterocycles. The zero-order valence-corrected chi connectivity index (χ0v) is 13.3. The minimum Gasteiger partial charge on any atom is -0.326 e. The van der Waals surface area contributed by atoms with E-state index in [4.69, 9.17) is 5.73 Å². The van der Waals surface area contributed by atoms with Crippen LogP contribution < -0.4 is 15.8 Å². The number of sulfonamides is 1. The van der Waals surface area contributed by atoms with E-state index < -0.39 is 10.0 Å². The smallest absolute Gasteiger partial charge is 0.208 e. The largest absolute Gasteiger partial charge is 0.326 e. The van der Waals surface area contributed by atoms with Crippen molar-refractivity contribution in [2.45, 2.75) is 31.8 Å². The molecule has 1 aliphatic heterocycles. The fourth-order valence-electron chi connectivity index (χ4n) is 2.89. The molecule has 0 bridgehead atoms. The highest BCUT2D eigenvalue weighted by atomic mass is 32.2. The molecular formula is C15H25N3O2S. The zero-order chi connectivity index (χ0) is 15.3. The van der Waals surface area contributed by atoms with Gasteiger partial charge in [0.25, 0.3) is 0 Å². The third kappa shape index (κ3) is 5.39. The van der Waals surface area contributed by atoms with Crippen LogP contribution in [0.1, 0.15) is 24.0 Å². The van der Waals surface area contributed by atoms with Crippen molar-refractivity contribution in [2.24, 2.45) is 11.7 Å². The number of piperidine rings is 1. The van der Waals surface area contributed by atoms with E-state index in [0.29, 0.717) is 12.5 Å². The van der Waals surface area contributed by atoms with Crippen LogP contribution in [0.25, 0.3) is 0 Å². The lowest BCUT2D eigenvalue weighted by Crippen LogP contribution is -2.45. The Kier molecular flexibility index (Phi) is 5.75. The summed E-state index contributed by atoms with van der Waals surface area (Å²) in [6.07, 6.45) is 3.98. The van der Waals surface area contributed by atoms with E-state index in [1.165, 1.54) is 6.26 Å². The molecule has 0 aromatic heterocycles. The molecule has 118 valence electrons. The van der Waals surface area contributed by atoms with Gasteiger partial charge in [-0.05, 0) is 49.4 Å². The van der Waals surface area contributed by atoms with Crippen LogP contribution in [0, 0.1) is 5.92 Å². The predicted molar refractivity (Wildman–Crippen MR) is 85.4 cm³/mol. The summed E-state index contributed by atoms with van der Waals surface area (Å²) in [5, 5.41) is 3.32. The van der Waals surface area contributed by atoms with Gasteiger partial charge < -0.3 is 11.1 Å². The summed E-state index contributed by atoms with van der Waals surface area (Å²) in [6.45, 7) is 2.44. The van der Waals surface area contributed by atoms with Crippen LogP contribution in [0.5, 0.6) is 0 Å². The van der Waals surface area contributed by atoms with Crippen molar-refractivity contribution in [3.05, 3.63) is 35.4 Å². The highest BCUT2D eigenvalue weighted by Crippen LogP contribution is 2.20. The fourth-order valence-corrected chi connectivity index (χ4v) is 3.72. The molecule has 1 aliphatic rings. The summed E-state index contributed by atoms with van der Waals surface area (Å²) in [4.78, 5) is 0.